The molecule has 1 saturated carbocycles. The van der Waals surface area contributed by atoms with Crippen molar-refractivity contribution in [2.75, 3.05) is 37.6 Å². The largest absolute Gasteiger partial charge is 0.352 e. The fourth-order valence-electron chi connectivity index (χ4n) is 3.52. The van der Waals surface area contributed by atoms with Gasteiger partial charge in [0, 0.05) is 45.1 Å². The van der Waals surface area contributed by atoms with Gasteiger partial charge in [-0.3, -0.25) is 4.90 Å². The molecule has 2 heterocycles. The standard InChI is InChI=1S/C16H23N5/c17-12-15-16(19-7-6-18-15)21-10-8-20(9-11-21)13-14-4-2-1-3-5-14/h6-7,14H,1-5,8-11,13H2. The summed E-state index contributed by atoms with van der Waals surface area (Å²) in [5.74, 6) is 1.65. The van der Waals surface area contributed by atoms with Crippen molar-refractivity contribution in [3.63, 3.8) is 0 Å². The fraction of sp³-hybridized carbons (Fsp3) is 0.688. The van der Waals surface area contributed by atoms with E-state index in [9.17, 15) is 0 Å². The molecule has 0 atom stereocenters. The van der Waals surface area contributed by atoms with Gasteiger partial charge in [-0.2, -0.15) is 5.26 Å². The maximum Gasteiger partial charge on any atom is 0.183 e. The van der Waals surface area contributed by atoms with E-state index in [0.29, 0.717) is 5.69 Å². The van der Waals surface area contributed by atoms with Crippen molar-refractivity contribution < 1.29 is 0 Å². The highest BCUT2D eigenvalue weighted by Gasteiger charge is 2.23. The smallest absolute Gasteiger partial charge is 0.183 e. The number of hydrogen-bond acceptors (Lipinski definition) is 5. The average Bonchev–Trinajstić information content (AvgIpc) is 2.56. The molecule has 0 radical (unpaired) electrons. The molecule has 112 valence electrons. The minimum Gasteiger partial charge on any atom is -0.352 e. The van der Waals surface area contributed by atoms with Crippen molar-refractivity contribution in [3.05, 3.63) is 18.1 Å². The Kier molecular flexibility index (Phi) is 4.66. The molecule has 0 amide bonds. The quantitative estimate of drug-likeness (QED) is 0.850. The van der Waals surface area contributed by atoms with Crippen LogP contribution in [0.5, 0.6) is 0 Å². The van der Waals surface area contributed by atoms with Crippen LogP contribution in [0, 0.1) is 17.2 Å². The molecule has 1 aliphatic carbocycles. The molecular formula is C16H23N5. The Morgan fingerprint density at radius 2 is 1.76 bits per heavy atom. The Morgan fingerprint density at radius 1 is 1.05 bits per heavy atom. The van der Waals surface area contributed by atoms with Crippen LogP contribution < -0.4 is 4.90 Å². The fourth-order valence-corrected chi connectivity index (χ4v) is 3.52. The monoisotopic (exact) mass is 285 g/mol. The van der Waals surface area contributed by atoms with Crippen molar-refractivity contribution in [2.45, 2.75) is 32.1 Å². The zero-order chi connectivity index (χ0) is 14.5. The number of aromatic nitrogens is 2. The lowest BCUT2D eigenvalue weighted by Gasteiger charge is -2.37. The maximum atomic E-state index is 9.13. The second kappa shape index (κ2) is 6.86. The summed E-state index contributed by atoms with van der Waals surface area (Å²) in [6.45, 7) is 5.27. The van der Waals surface area contributed by atoms with Crippen LogP contribution in [-0.2, 0) is 0 Å². The van der Waals surface area contributed by atoms with Gasteiger partial charge in [0.2, 0.25) is 0 Å². The Labute approximate surface area is 126 Å². The van der Waals surface area contributed by atoms with Crippen LogP contribution in [0.2, 0.25) is 0 Å². The molecule has 1 aromatic rings. The van der Waals surface area contributed by atoms with Crippen molar-refractivity contribution >= 4 is 5.82 Å². The molecule has 2 aliphatic rings. The third kappa shape index (κ3) is 3.51. The molecule has 1 saturated heterocycles. The summed E-state index contributed by atoms with van der Waals surface area (Å²) in [6.07, 6.45) is 10.3. The zero-order valence-corrected chi connectivity index (χ0v) is 12.5. The van der Waals surface area contributed by atoms with Crippen LogP contribution in [0.3, 0.4) is 0 Å². The highest BCUT2D eigenvalue weighted by atomic mass is 15.3. The highest BCUT2D eigenvalue weighted by Crippen LogP contribution is 2.25. The van der Waals surface area contributed by atoms with Gasteiger partial charge >= 0.3 is 0 Å². The molecule has 0 N–H and O–H groups in total. The summed E-state index contributed by atoms with van der Waals surface area (Å²) >= 11 is 0. The molecule has 0 unspecified atom stereocenters. The molecule has 2 fully saturated rings. The molecule has 1 aromatic heterocycles. The van der Waals surface area contributed by atoms with Gasteiger partial charge in [-0.25, -0.2) is 9.97 Å². The first-order chi connectivity index (χ1) is 10.4. The number of hydrogen-bond donors (Lipinski definition) is 0. The highest BCUT2D eigenvalue weighted by molar-refractivity contribution is 5.49. The summed E-state index contributed by atoms with van der Waals surface area (Å²) in [6, 6.07) is 2.14. The van der Waals surface area contributed by atoms with Crippen molar-refractivity contribution in [2.24, 2.45) is 5.92 Å². The number of anilines is 1. The van der Waals surface area contributed by atoms with E-state index in [2.05, 4.69) is 25.8 Å². The van der Waals surface area contributed by atoms with E-state index in [4.69, 9.17) is 5.26 Å². The van der Waals surface area contributed by atoms with Crippen LogP contribution in [0.25, 0.3) is 0 Å². The predicted molar refractivity (Wildman–Crippen MR) is 82.0 cm³/mol. The van der Waals surface area contributed by atoms with Gasteiger partial charge in [0.15, 0.2) is 11.5 Å². The van der Waals surface area contributed by atoms with Gasteiger partial charge in [-0.1, -0.05) is 19.3 Å². The summed E-state index contributed by atoms with van der Waals surface area (Å²) in [5, 5.41) is 9.13. The second-order valence-corrected chi connectivity index (χ2v) is 6.13. The molecule has 3 rings (SSSR count). The van der Waals surface area contributed by atoms with Crippen LogP contribution in [0.1, 0.15) is 37.8 Å². The normalized spacial score (nSPS) is 21.2. The Morgan fingerprint density at radius 3 is 2.48 bits per heavy atom. The number of piperazine rings is 1. The van der Waals surface area contributed by atoms with Gasteiger partial charge in [-0.15, -0.1) is 0 Å². The topological polar surface area (TPSA) is 56.1 Å². The summed E-state index contributed by atoms with van der Waals surface area (Å²) in [5.41, 5.74) is 0.443. The Hall–Kier alpha value is -1.67. The summed E-state index contributed by atoms with van der Waals surface area (Å²) < 4.78 is 0. The van der Waals surface area contributed by atoms with E-state index < -0.39 is 0 Å². The lowest BCUT2D eigenvalue weighted by molar-refractivity contribution is 0.191. The van der Waals surface area contributed by atoms with E-state index in [0.717, 1.165) is 37.9 Å². The minimum atomic E-state index is 0.443. The lowest BCUT2D eigenvalue weighted by atomic mass is 9.89. The predicted octanol–water partition coefficient (Wildman–Crippen LogP) is 2.05. The van der Waals surface area contributed by atoms with Crippen molar-refractivity contribution in [1.29, 1.82) is 5.26 Å². The maximum absolute atomic E-state index is 9.13. The number of nitrogens with zero attached hydrogens (tertiary/aromatic N) is 5. The molecule has 0 aromatic carbocycles. The van der Waals surface area contributed by atoms with Crippen LogP contribution in [-0.4, -0.2) is 47.6 Å². The first-order valence-electron chi connectivity index (χ1n) is 8.05. The first kappa shape index (κ1) is 14.3. The first-order valence-corrected chi connectivity index (χ1v) is 8.05. The minimum absolute atomic E-state index is 0.443. The Balaban J connectivity index is 1.54. The lowest BCUT2D eigenvalue weighted by Crippen LogP contribution is -2.48. The SMILES string of the molecule is N#Cc1nccnc1N1CCN(CC2CCCCC2)CC1. The molecule has 5 heteroatoms. The summed E-state index contributed by atoms with van der Waals surface area (Å²) in [4.78, 5) is 13.2. The van der Waals surface area contributed by atoms with Crippen LogP contribution in [0.4, 0.5) is 5.82 Å². The van der Waals surface area contributed by atoms with E-state index >= 15 is 0 Å². The van der Waals surface area contributed by atoms with E-state index in [-0.39, 0.29) is 0 Å². The van der Waals surface area contributed by atoms with E-state index in [1.54, 1.807) is 12.4 Å². The molecule has 21 heavy (non-hydrogen) atoms. The molecular weight excluding hydrogens is 262 g/mol. The number of nitriles is 1. The van der Waals surface area contributed by atoms with Gasteiger partial charge in [0.05, 0.1) is 0 Å². The molecule has 5 nitrogen and oxygen atoms in total. The van der Waals surface area contributed by atoms with Crippen molar-refractivity contribution in [3.8, 4) is 6.07 Å². The number of rotatable bonds is 3. The summed E-state index contributed by atoms with van der Waals surface area (Å²) in [7, 11) is 0. The van der Waals surface area contributed by atoms with Gasteiger partial charge in [-0.05, 0) is 18.8 Å². The van der Waals surface area contributed by atoms with E-state index in [1.165, 1.54) is 38.6 Å². The van der Waals surface area contributed by atoms with E-state index in [1.807, 2.05) is 0 Å². The molecule has 1 aliphatic heterocycles. The van der Waals surface area contributed by atoms with Gasteiger partial charge in [0.1, 0.15) is 6.07 Å². The average molecular weight is 285 g/mol. The molecule has 0 bridgehead atoms. The Bertz CT molecular complexity index is 496. The van der Waals surface area contributed by atoms with Crippen LogP contribution >= 0.6 is 0 Å². The van der Waals surface area contributed by atoms with Gasteiger partial charge in [0.25, 0.3) is 0 Å². The zero-order valence-electron chi connectivity index (χ0n) is 12.5. The van der Waals surface area contributed by atoms with Crippen molar-refractivity contribution in [1.82, 2.24) is 14.9 Å². The second-order valence-electron chi connectivity index (χ2n) is 6.13. The third-order valence-electron chi connectivity index (χ3n) is 4.70. The molecule has 0 spiro atoms. The van der Waals surface area contributed by atoms with Crippen LogP contribution in [0.15, 0.2) is 12.4 Å². The van der Waals surface area contributed by atoms with Gasteiger partial charge < -0.3 is 4.90 Å². The third-order valence-corrected chi connectivity index (χ3v) is 4.70.